The third kappa shape index (κ3) is 6.19. The summed E-state index contributed by atoms with van der Waals surface area (Å²) in [5, 5.41) is 11.6. The Morgan fingerprint density at radius 3 is 2.62 bits per heavy atom. The molecule has 0 unspecified atom stereocenters. The van der Waals surface area contributed by atoms with E-state index in [0.29, 0.717) is 5.56 Å². The normalized spacial score (nSPS) is 10.3. The van der Waals surface area contributed by atoms with Crippen LogP contribution in [0.4, 0.5) is 4.79 Å². The van der Waals surface area contributed by atoms with Crippen LogP contribution in [0, 0.1) is 11.8 Å². The number of ether oxygens (including phenoxy) is 1. The molecule has 0 radical (unpaired) electrons. The van der Waals surface area contributed by atoms with Crippen LogP contribution >= 0.6 is 11.6 Å². The molecule has 0 aromatic heterocycles. The Morgan fingerprint density at radius 1 is 1.38 bits per heavy atom. The molecule has 6 heteroatoms. The van der Waals surface area contributed by atoms with E-state index in [2.05, 4.69) is 17.2 Å². The van der Waals surface area contributed by atoms with Crippen molar-refractivity contribution in [2.24, 2.45) is 0 Å². The molecular formula is C15H16ClNO4. The molecule has 1 rings (SSSR count). The Morgan fingerprint density at radius 2 is 2.05 bits per heavy atom. The van der Waals surface area contributed by atoms with Crippen LogP contribution in [0.5, 0.6) is 0 Å². The standard InChI is InChI=1S/C15H16ClNO4/c1-15(2,3)21-14(20)17-8-4-5-10-6-7-12(16)11(9-10)13(18)19/h6-7,9H,8H2,1-3H3,(H,17,20)(H,18,19). The van der Waals surface area contributed by atoms with Crippen LogP contribution in [-0.2, 0) is 4.74 Å². The lowest BCUT2D eigenvalue weighted by atomic mass is 10.1. The van der Waals surface area contributed by atoms with Gasteiger partial charge in [-0.3, -0.25) is 0 Å². The average molecular weight is 310 g/mol. The van der Waals surface area contributed by atoms with Gasteiger partial charge in [-0.1, -0.05) is 23.4 Å². The molecule has 5 nitrogen and oxygen atoms in total. The minimum atomic E-state index is -1.12. The number of carboxylic acids is 1. The second-order valence-corrected chi connectivity index (χ2v) is 5.56. The zero-order valence-corrected chi connectivity index (χ0v) is 12.7. The molecule has 2 N–H and O–H groups in total. The molecule has 0 fully saturated rings. The summed E-state index contributed by atoms with van der Waals surface area (Å²) in [6.07, 6.45) is -0.556. The number of hydrogen-bond donors (Lipinski definition) is 2. The van der Waals surface area contributed by atoms with Gasteiger partial charge in [0.25, 0.3) is 0 Å². The van der Waals surface area contributed by atoms with E-state index >= 15 is 0 Å². The van der Waals surface area contributed by atoms with Gasteiger partial charge in [0.2, 0.25) is 0 Å². The predicted octanol–water partition coefficient (Wildman–Crippen LogP) is 2.91. The van der Waals surface area contributed by atoms with Crippen LogP contribution in [0.15, 0.2) is 18.2 Å². The molecule has 0 saturated heterocycles. The number of carboxylic acid groups (broad SMARTS) is 1. The first-order valence-corrected chi connectivity index (χ1v) is 6.55. The molecule has 0 heterocycles. The molecule has 0 aliphatic rings. The van der Waals surface area contributed by atoms with Gasteiger partial charge in [-0.15, -0.1) is 0 Å². The fourth-order valence-corrected chi connectivity index (χ4v) is 1.54. The number of carbonyl (C=O) groups excluding carboxylic acids is 1. The Hall–Kier alpha value is -2.19. The van der Waals surface area contributed by atoms with Crippen molar-refractivity contribution in [2.45, 2.75) is 26.4 Å². The molecule has 0 saturated carbocycles. The molecule has 1 amide bonds. The van der Waals surface area contributed by atoms with Crippen LogP contribution in [0.1, 0.15) is 36.7 Å². The third-order valence-corrected chi connectivity index (χ3v) is 2.48. The smallest absolute Gasteiger partial charge is 0.408 e. The van der Waals surface area contributed by atoms with E-state index in [1.165, 1.54) is 12.1 Å². The predicted molar refractivity (Wildman–Crippen MR) is 79.5 cm³/mol. The van der Waals surface area contributed by atoms with Gasteiger partial charge in [-0.2, -0.15) is 0 Å². The second kappa shape index (κ2) is 7.00. The number of hydrogen-bond acceptors (Lipinski definition) is 3. The first-order chi connectivity index (χ1) is 9.69. The Labute approximate surface area is 128 Å². The monoisotopic (exact) mass is 309 g/mol. The maximum Gasteiger partial charge on any atom is 0.408 e. The molecule has 0 aliphatic carbocycles. The Kier molecular flexibility index (Phi) is 5.62. The molecule has 0 aliphatic heterocycles. The summed E-state index contributed by atoms with van der Waals surface area (Å²) >= 11 is 5.75. The molecule has 0 bridgehead atoms. The highest BCUT2D eigenvalue weighted by atomic mass is 35.5. The lowest BCUT2D eigenvalue weighted by Crippen LogP contribution is -2.32. The van der Waals surface area contributed by atoms with E-state index in [1.807, 2.05) is 0 Å². The van der Waals surface area contributed by atoms with E-state index in [0.717, 1.165) is 0 Å². The van der Waals surface area contributed by atoms with Gasteiger partial charge in [0.1, 0.15) is 5.60 Å². The first-order valence-electron chi connectivity index (χ1n) is 6.17. The maximum absolute atomic E-state index is 11.4. The number of carbonyl (C=O) groups is 2. The first kappa shape index (κ1) is 16.9. The van der Waals surface area contributed by atoms with Crippen LogP contribution in [0.25, 0.3) is 0 Å². The summed E-state index contributed by atoms with van der Waals surface area (Å²) in [6.45, 7) is 5.39. The lowest BCUT2D eigenvalue weighted by molar-refractivity contribution is 0.0534. The van der Waals surface area contributed by atoms with Crippen molar-refractivity contribution in [1.29, 1.82) is 0 Å². The van der Waals surface area contributed by atoms with E-state index in [1.54, 1.807) is 26.8 Å². The quantitative estimate of drug-likeness (QED) is 0.824. The summed E-state index contributed by atoms with van der Waals surface area (Å²) in [5.74, 6) is 4.33. The van der Waals surface area contributed by atoms with Crippen molar-refractivity contribution in [2.75, 3.05) is 6.54 Å². The molecule has 0 spiro atoms. The summed E-state index contributed by atoms with van der Waals surface area (Å²) in [4.78, 5) is 22.3. The number of benzene rings is 1. The van der Waals surface area contributed by atoms with Gasteiger partial charge in [-0.05, 0) is 39.0 Å². The topological polar surface area (TPSA) is 75.6 Å². The summed E-state index contributed by atoms with van der Waals surface area (Å²) in [7, 11) is 0. The lowest BCUT2D eigenvalue weighted by Gasteiger charge is -2.18. The molecule has 21 heavy (non-hydrogen) atoms. The van der Waals surface area contributed by atoms with Crippen molar-refractivity contribution >= 4 is 23.7 Å². The van der Waals surface area contributed by atoms with Gasteiger partial charge >= 0.3 is 12.1 Å². The van der Waals surface area contributed by atoms with Crippen LogP contribution in [0.3, 0.4) is 0 Å². The average Bonchev–Trinajstić information content (AvgIpc) is 2.34. The van der Waals surface area contributed by atoms with Crippen LogP contribution in [-0.4, -0.2) is 29.3 Å². The van der Waals surface area contributed by atoms with E-state index in [4.69, 9.17) is 21.4 Å². The summed E-state index contributed by atoms with van der Waals surface area (Å²) in [6, 6.07) is 4.46. The van der Waals surface area contributed by atoms with Crippen molar-refractivity contribution in [1.82, 2.24) is 5.32 Å². The number of amides is 1. The number of aromatic carboxylic acids is 1. The zero-order chi connectivity index (χ0) is 16.0. The van der Waals surface area contributed by atoms with Crippen LogP contribution in [0.2, 0.25) is 5.02 Å². The number of alkyl carbamates (subject to hydrolysis) is 1. The molecule has 112 valence electrons. The Balaban J connectivity index is 2.62. The molecular weight excluding hydrogens is 294 g/mol. The SMILES string of the molecule is CC(C)(C)OC(=O)NCC#Cc1ccc(Cl)c(C(=O)O)c1. The third-order valence-electron chi connectivity index (χ3n) is 2.15. The summed E-state index contributed by atoms with van der Waals surface area (Å²) in [5.41, 5.74) is -0.0734. The van der Waals surface area contributed by atoms with E-state index in [-0.39, 0.29) is 17.1 Å². The maximum atomic E-state index is 11.4. The second-order valence-electron chi connectivity index (χ2n) is 5.16. The fourth-order valence-electron chi connectivity index (χ4n) is 1.34. The van der Waals surface area contributed by atoms with Crippen molar-refractivity contribution in [3.8, 4) is 11.8 Å². The molecule has 1 aromatic rings. The highest BCUT2D eigenvalue weighted by Crippen LogP contribution is 2.17. The van der Waals surface area contributed by atoms with E-state index in [9.17, 15) is 9.59 Å². The highest BCUT2D eigenvalue weighted by molar-refractivity contribution is 6.33. The van der Waals surface area contributed by atoms with Crippen molar-refractivity contribution in [3.05, 3.63) is 34.3 Å². The Bertz CT molecular complexity index is 608. The van der Waals surface area contributed by atoms with Gasteiger partial charge in [-0.25, -0.2) is 9.59 Å². The largest absolute Gasteiger partial charge is 0.478 e. The minimum Gasteiger partial charge on any atom is -0.478 e. The molecule has 1 aromatic carbocycles. The van der Waals surface area contributed by atoms with Crippen molar-refractivity contribution in [3.63, 3.8) is 0 Å². The van der Waals surface area contributed by atoms with Crippen molar-refractivity contribution < 1.29 is 19.4 Å². The molecule has 0 atom stereocenters. The van der Waals surface area contributed by atoms with Gasteiger partial charge in [0, 0.05) is 5.56 Å². The van der Waals surface area contributed by atoms with Gasteiger partial charge < -0.3 is 15.2 Å². The fraction of sp³-hybridized carbons (Fsp3) is 0.333. The zero-order valence-electron chi connectivity index (χ0n) is 12.0. The van der Waals surface area contributed by atoms with Crippen LogP contribution < -0.4 is 5.32 Å². The number of nitrogens with one attached hydrogen (secondary N) is 1. The minimum absolute atomic E-state index is 0.0106. The van der Waals surface area contributed by atoms with Gasteiger partial charge in [0.05, 0.1) is 17.1 Å². The summed E-state index contributed by atoms with van der Waals surface area (Å²) < 4.78 is 5.04. The van der Waals surface area contributed by atoms with E-state index < -0.39 is 17.7 Å². The number of rotatable bonds is 2. The van der Waals surface area contributed by atoms with Gasteiger partial charge in [0.15, 0.2) is 0 Å². The number of halogens is 1. The highest BCUT2D eigenvalue weighted by Gasteiger charge is 2.15.